The zero-order chi connectivity index (χ0) is 9.84. The fourth-order valence-electron chi connectivity index (χ4n) is 1.10. The van der Waals surface area contributed by atoms with Gasteiger partial charge in [0.05, 0.1) is 12.8 Å². The van der Waals surface area contributed by atoms with Crippen LogP contribution in [-0.2, 0) is 14.3 Å². The highest BCUT2D eigenvalue weighted by Crippen LogP contribution is 2.14. The average Bonchev–Trinajstić information content (AvgIpc) is 2.04. The molecule has 0 fully saturated rings. The number of amides is 1. The summed E-state index contributed by atoms with van der Waals surface area (Å²) >= 11 is 0. The van der Waals surface area contributed by atoms with Crippen molar-refractivity contribution >= 4 is 18.1 Å². The van der Waals surface area contributed by atoms with Gasteiger partial charge in [-0.15, -0.1) is 0 Å². The Hall–Kier alpha value is -1.39. The molecule has 5 heteroatoms. The van der Waals surface area contributed by atoms with Crippen LogP contribution in [0.4, 0.5) is 0 Å². The summed E-state index contributed by atoms with van der Waals surface area (Å²) in [6.07, 6.45) is 2.59. The average molecular weight is 183 g/mol. The lowest BCUT2D eigenvalue weighted by Crippen LogP contribution is -2.42. The van der Waals surface area contributed by atoms with Crippen molar-refractivity contribution in [2.45, 2.75) is 13.8 Å². The molecule has 1 aliphatic rings. The SMILES string of the molecule is CCOC(=O)C1C(=O)NN=[C]C1C. The number of ether oxygens (including phenoxy) is 1. The van der Waals surface area contributed by atoms with Crippen LogP contribution in [0.2, 0.25) is 0 Å². The van der Waals surface area contributed by atoms with Gasteiger partial charge in [-0.3, -0.25) is 9.59 Å². The molecule has 0 aliphatic carbocycles. The van der Waals surface area contributed by atoms with E-state index in [1.807, 2.05) is 0 Å². The normalized spacial score (nSPS) is 26.8. The van der Waals surface area contributed by atoms with Crippen LogP contribution in [0, 0.1) is 11.8 Å². The van der Waals surface area contributed by atoms with Crippen LogP contribution in [0.1, 0.15) is 13.8 Å². The van der Waals surface area contributed by atoms with Crippen LogP contribution in [0.15, 0.2) is 5.10 Å². The molecule has 1 amide bonds. The minimum atomic E-state index is -0.808. The smallest absolute Gasteiger partial charge is 0.319 e. The Bertz CT molecular complexity index is 250. The van der Waals surface area contributed by atoms with Gasteiger partial charge in [0.25, 0.3) is 5.91 Å². The standard InChI is InChI=1S/C8H11N2O3/c1-3-13-8(12)6-5(2)4-9-10-7(6)11/h5-6H,3H2,1-2H3,(H,10,11). The van der Waals surface area contributed by atoms with Gasteiger partial charge in [-0.25, -0.2) is 5.43 Å². The van der Waals surface area contributed by atoms with E-state index in [2.05, 4.69) is 16.7 Å². The Balaban J connectivity index is 2.71. The van der Waals surface area contributed by atoms with Gasteiger partial charge in [-0.05, 0) is 6.92 Å². The Morgan fingerprint density at radius 3 is 3.00 bits per heavy atom. The Morgan fingerprint density at radius 2 is 2.46 bits per heavy atom. The lowest BCUT2D eigenvalue weighted by atomic mass is 9.93. The number of esters is 1. The van der Waals surface area contributed by atoms with E-state index >= 15 is 0 Å². The summed E-state index contributed by atoms with van der Waals surface area (Å²) in [5.41, 5.74) is 2.18. The van der Waals surface area contributed by atoms with Crippen LogP contribution < -0.4 is 5.43 Å². The van der Waals surface area contributed by atoms with Gasteiger partial charge in [0, 0.05) is 5.92 Å². The third-order valence-electron chi connectivity index (χ3n) is 1.76. The second-order valence-electron chi connectivity index (χ2n) is 2.74. The van der Waals surface area contributed by atoms with Crippen LogP contribution in [0.25, 0.3) is 0 Å². The Kier molecular flexibility index (Phi) is 3.00. The number of hydrazone groups is 1. The third-order valence-corrected chi connectivity index (χ3v) is 1.76. The summed E-state index contributed by atoms with van der Waals surface area (Å²) in [7, 11) is 0. The first-order chi connectivity index (χ1) is 6.16. The van der Waals surface area contributed by atoms with Crippen LogP contribution in [-0.4, -0.2) is 24.7 Å². The molecule has 2 atom stereocenters. The first-order valence-electron chi connectivity index (χ1n) is 4.08. The van der Waals surface area contributed by atoms with Crippen LogP contribution >= 0.6 is 0 Å². The van der Waals surface area contributed by atoms with Crippen LogP contribution in [0.5, 0.6) is 0 Å². The van der Waals surface area contributed by atoms with Crippen molar-refractivity contribution in [1.82, 2.24) is 5.43 Å². The van der Waals surface area contributed by atoms with Gasteiger partial charge in [-0.2, -0.15) is 5.10 Å². The van der Waals surface area contributed by atoms with Crippen molar-refractivity contribution in [3.05, 3.63) is 0 Å². The molecule has 1 aliphatic heterocycles. The number of rotatable bonds is 2. The maximum absolute atomic E-state index is 11.3. The summed E-state index contributed by atoms with van der Waals surface area (Å²) in [6, 6.07) is 0. The lowest BCUT2D eigenvalue weighted by Gasteiger charge is -2.19. The fraction of sp³-hybridized carbons (Fsp3) is 0.625. The number of carbonyl (C=O) groups excluding carboxylic acids is 2. The number of nitrogens with one attached hydrogen (secondary N) is 1. The molecule has 13 heavy (non-hydrogen) atoms. The Labute approximate surface area is 76.1 Å². The number of nitrogens with zero attached hydrogens (tertiary/aromatic N) is 1. The first kappa shape index (κ1) is 9.70. The highest BCUT2D eigenvalue weighted by molar-refractivity contribution is 6.01. The van der Waals surface area contributed by atoms with Gasteiger partial charge in [0.2, 0.25) is 0 Å². The zero-order valence-corrected chi connectivity index (χ0v) is 7.53. The summed E-state index contributed by atoms with van der Waals surface area (Å²) < 4.78 is 4.74. The molecule has 1 heterocycles. The molecular weight excluding hydrogens is 172 g/mol. The maximum Gasteiger partial charge on any atom is 0.319 e. The summed E-state index contributed by atoms with van der Waals surface area (Å²) in [4.78, 5) is 22.4. The summed E-state index contributed by atoms with van der Waals surface area (Å²) in [5, 5.41) is 3.47. The van der Waals surface area contributed by atoms with Crippen molar-refractivity contribution in [2.24, 2.45) is 16.9 Å². The predicted octanol–water partition coefficient (Wildman–Crippen LogP) is -0.206. The molecule has 0 bridgehead atoms. The van der Waals surface area contributed by atoms with Gasteiger partial charge >= 0.3 is 5.97 Å². The molecule has 1 rings (SSSR count). The Morgan fingerprint density at radius 1 is 1.77 bits per heavy atom. The van der Waals surface area contributed by atoms with E-state index in [0.29, 0.717) is 0 Å². The summed E-state index contributed by atoms with van der Waals surface area (Å²) in [5.74, 6) is -2.08. The van der Waals surface area contributed by atoms with Crippen molar-refractivity contribution in [3.8, 4) is 0 Å². The van der Waals surface area contributed by atoms with Gasteiger partial charge in [0.15, 0.2) is 0 Å². The first-order valence-corrected chi connectivity index (χ1v) is 4.08. The second kappa shape index (κ2) is 4.02. The topological polar surface area (TPSA) is 67.8 Å². The molecule has 0 aromatic carbocycles. The van der Waals surface area contributed by atoms with Gasteiger partial charge in [-0.1, -0.05) is 6.92 Å². The van der Waals surface area contributed by atoms with E-state index in [9.17, 15) is 9.59 Å². The van der Waals surface area contributed by atoms with Crippen molar-refractivity contribution in [1.29, 1.82) is 0 Å². The molecule has 1 N–H and O–H groups in total. The lowest BCUT2D eigenvalue weighted by molar-refractivity contribution is -0.153. The van der Waals surface area contributed by atoms with E-state index < -0.39 is 17.8 Å². The minimum absolute atomic E-state index is 0.270. The summed E-state index contributed by atoms with van der Waals surface area (Å²) in [6.45, 7) is 3.66. The van der Waals surface area contributed by atoms with E-state index in [0.717, 1.165) is 0 Å². The quantitative estimate of drug-likeness (QED) is 0.476. The highest BCUT2D eigenvalue weighted by Gasteiger charge is 2.35. The molecule has 71 valence electrons. The fourth-order valence-corrected chi connectivity index (χ4v) is 1.10. The van der Waals surface area contributed by atoms with Crippen molar-refractivity contribution in [2.75, 3.05) is 6.61 Å². The maximum atomic E-state index is 11.3. The van der Waals surface area contributed by atoms with Crippen molar-refractivity contribution in [3.63, 3.8) is 0 Å². The van der Waals surface area contributed by atoms with E-state index in [4.69, 9.17) is 4.74 Å². The van der Waals surface area contributed by atoms with Gasteiger partial charge < -0.3 is 4.74 Å². The molecule has 0 aromatic rings. The molecule has 0 spiro atoms. The zero-order valence-electron chi connectivity index (χ0n) is 7.53. The number of hydrogen-bond acceptors (Lipinski definition) is 4. The number of carbonyl (C=O) groups is 2. The molecule has 1 radical (unpaired) electrons. The highest BCUT2D eigenvalue weighted by atomic mass is 16.5. The third kappa shape index (κ3) is 2.05. The van der Waals surface area contributed by atoms with E-state index in [1.165, 1.54) is 0 Å². The molecule has 2 unspecified atom stereocenters. The predicted molar refractivity (Wildman–Crippen MR) is 44.9 cm³/mol. The van der Waals surface area contributed by atoms with Gasteiger partial charge in [0.1, 0.15) is 5.92 Å². The van der Waals surface area contributed by atoms with Crippen molar-refractivity contribution < 1.29 is 14.3 Å². The second-order valence-corrected chi connectivity index (χ2v) is 2.74. The monoisotopic (exact) mass is 183 g/mol. The van der Waals surface area contributed by atoms with E-state index in [-0.39, 0.29) is 12.5 Å². The minimum Gasteiger partial charge on any atom is -0.465 e. The van der Waals surface area contributed by atoms with E-state index in [1.54, 1.807) is 13.8 Å². The molecule has 0 aromatic heterocycles. The van der Waals surface area contributed by atoms with Crippen LogP contribution in [0.3, 0.4) is 0 Å². The molecule has 0 saturated carbocycles. The molecular formula is C8H11N2O3. The largest absolute Gasteiger partial charge is 0.465 e. The molecule has 5 nitrogen and oxygen atoms in total. The number of hydrogen-bond donors (Lipinski definition) is 1. The molecule has 0 saturated heterocycles.